The molecule has 2 rings (SSSR count). The summed E-state index contributed by atoms with van der Waals surface area (Å²) in [7, 11) is 1.79. The van der Waals surface area contributed by atoms with Crippen LogP contribution >= 0.6 is 0 Å². The molecule has 0 fully saturated rings. The molecule has 74 valence electrons. The van der Waals surface area contributed by atoms with Crippen LogP contribution in [-0.2, 0) is 0 Å². The molecule has 5 heteroatoms. The zero-order valence-corrected chi connectivity index (χ0v) is 7.88. The number of fused-ring (bicyclic) bond motifs is 1. The third-order valence-corrected chi connectivity index (χ3v) is 2.06. The highest BCUT2D eigenvalue weighted by Crippen LogP contribution is 2.14. The summed E-state index contributed by atoms with van der Waals surface area (Å²) in [5, 5.41) is 20.5. The summed E-state index contributed by atoms with van der Waals surface area (Å²) in [4.78, 5) is 0. The second-order valence-electron chi connectivity index (χ2n) is 3.08. The van der Waals surface area contributed by atoms with Gasteiger partial charge in [0.1, 0.15) is 11.8 Å². The van der Waals surface area contributed by atoms with E-state index in [1.807, 2.05) is 18.2 Å². The van der Waals surface area contributed by atoms with Gasteiger partial charge in [0.2, 0.25) is 0 Å². The Morgan fingerprint density at radius 3 is 3.21 bits per heavy atom. The van der Waals surface area contributed by atoms with Crippen molar-refractivity contribution in [2.45, 2.75) is 6.10 Å². The van der Waals surface area contributed by atoms with E-state index in [0.717, 1.165) is 5.52 Å². The first-order valence-corrected chi connectivity index (χ1v) is 4.45. The first-order chi connectivity index (χ1) is 6.83. The lowest BCUT2D eigenvalue weighted by molar-refractivity contribution is 0.174. The van der Waals surface area contributed by atoms with Gasteiger partial charge in [-0.25, -0.2) is 4.52 Å². The Kier molecular flexibility index (Phi) is 2.43. The maximum absolute atomic E-state index is 9.73. The number of aromatic nitrogens is 3. The van der Waals surface area contributed by atoms with Crippen molar-refractivity contribution in [3.05, 3.63) is 30.1 Å². The lowest BCUT2D eigenvalue weighted by Gasteiger charge is -2.05. The second kappa shape index (κ2) is 3.73. The van der Waals surface area contributed by atoms with E-state index in [4.69, 9.17) is 0 Å². The maximum atomic E-state index is 9.73. The van der Waals surface area contributed by atoms with Crippen LogP contribution in [0.1, 0.15) is 11.8 Å². The number of hydrogen-bond donors (Lipinski definition) is 2. The quantitative estimate of drug-likeness (QED) is 0.717. The SMILES string of the molecule is CNCC(O)c1nnn2ccccc12. The summed E-state index contributed by atoms with van der Waals surface area (Å²) < 4.78 is 1.65. The van der Waals surface area contributed by atoms with E-state index in [1.165, 1.54) is 0 Å². The average molecular weight is 192 g/mol. The molecule has 0 aliphatic rings. The standard InChI is InChI=1S/C9H12N4O/c1-10-6-8(14)9-7-4-2-3-5-13(7)12-11-9/h2-5,8,10,14H,6H2,1H3. The first-order valence-electron chi connectivity index (χ1n) is 4.45. The number of pyridine rings is 1. The minimum absolute atomic E-state index is 0.475. The fourth-order valence-corrected chi connectivity index (χ4v) is 1.39. The largest absolute Gasteiger partial charge is 0.385 e. The fraction of sp³-hybridized carbons (Fsp3) is 0.333. The van der Waals surface area contributed by atoms with Gasteiger partial charge in [-0.3, -0.25) is 0 Å². The molecule has 0 saturated carbocycles. The van der Waals surface area contributed by atoms with E-state index in [-0.39, 0.29) is 0 Å². The minimum atomic E-state index is -0.611. The molecule has 5 nitrogen and oxygen atoms in total. The summed E-state index contributed by atoms with van der Waals surface area (Å²) >= 11 is 0. The van der Waals surface area contributed by atoms with Crippen LogP contribution < -0.4 is 5.32 Å². The highest BCUT2D eigenvalue weighted by atomic mass is 16.3. The molecule has 0 aliphatic heterocycles. The van der Waals surface area contributed by atoms with Gasteiger partial charge in [-0.05, 0) is 19.2 Å². The van der Waals surface area contributed by atoms with Crippen LogP contribution in [0.5, 0.6) is 0 Å². The number of aliphatic hydroxyl groups is 1. The Morgan fingerprint density at radius 2 is 2.43 bits per heavy atom. The predicted molar refractivity (Wildman–Crippen MR) is 51.9 cm³/mol. The summed E-state index contributed by atoms with van der Waals surface area (Å²) in [5.41, 5.74) is 1.45. The van der Waals surface area contributed by atoms with Crippen molar-refractivity contribution in [2.24, 2.45) is 0 Å². The van der Waals surface area contributed by atoms with Crippen molar-refractivity contribution in [3.63, 3.8) is 0 Å². The third kappa shape index (κ3) is 1.47. The molecule has 2 aromatic rings. The number of nitrogens with one attached hydrogen (secondary N) is 1. The fourth-order valence-electron chi connectivity index (χ4n) is 1.39. The Morgan fingerprint density at radius 1 is 1.57 bits per heavy atom. The highest BCUT2D eigenvalue weighted by molar-refractivity contribution is 5.51. The Hall–Kier alpha value is -1.46. The van der Waals surface area contributed by atoms with E-state index in [1.54, 1.807) is 17.8 Å². The van der Waals surface area contributed by atoms with E-state index >= 15 is 0 Å². The molecule has 14 heavy (non-hydrogen) atoms. The second-order valence-corrected chi connectivity index (χ2v) is 3.08. The van der Waals surface area contributed by atoms with E-state index in [9.17, 15) is 5.11 Å². The first kappa shape index (κ1) is 9.11. The summed E-state index contributed by atoms with van der Waals surface area (Å²) in [5.74, 6) is 0. The lowest BCUT2D eigenvalue weighted by Crippen LogP contribution is -2.17. The molecule has 2 aromatic heterocycles. The molecule has 0 spiro atoms. The average Bonchev–Trinajstić information content (AvgIpc) is 2.61. The summed E-state index contributed by atoms with van der Waals surface area (Å²) in [6.45, 7) is 0.475. The van der Waals surface area contributed by atoms with Gasteiger partial charge in [-0.2, -0.15) is 0 Å². The zero-order chi connectivity index (χ0) is 9.97. The molecule has 1 atom stereocenters. The molecule has 0 aromatic carbocycles. The van der Waals surface area contributed by atoms with E-state index in [2.05, 4.69) is 15.6 Å². The van der Waals surface area contributed by atoms with Crippen molar-refractivity contribution in [1.29, 1.82) is 0 Å². The third-order valence-electron chi connectivity index (χ3n) is 2.06. The summed E-state index contributed by atoms with van der Waals surface area (Å²) in [6, 6.07) is 5.65. The highest BCUT2D eigenvalue weighted by Gasteiger charge is 2.13. The van der Waals surface area contributed by atoms with Gasteiger partial charge >= 0.3 is 0 Å². The number of nitrogens with zero attached hydrogens (tertiary/aromatic N) is 3. The summed E-state index contributed by atoms with van der Waals surface area (Å²) in [6.07, 6.45) is 1.19. The predicted octanol–water partition coefficient (Wildman–Crippen LogP) is -0.0179. The zero-order valence-electron chi connectivity index (χ0n) is 7.88. The van der Waals surface area contributed by atoms with Crippen molar-refractivity contribution in [2.75, 3.05) is 13.6 Å². The molecule has 0 amide bonds. The number of rotatable bonds is 3. The van der Waals surface area contributed by atoms with Gasteiger partial charge in [-0.15, -0.1) is 5.10 Å². The van der Waals surface area contributed by atoms with Crippen molar-refractivity contribution >= 4 is 5.52 Å². The minimum Gasteiger partial charge on any atom is -0.385 e. The topological polar surface area (TPSA) is 62.5 Å². The molecular weight excluding hydrogens is 180 g/mol. The number of hydrogen-bond acceptors (Lipinski definition) is 4. The van der Waals surface area contributed by atoms with Crippen LogP contribution in [0.15, 0.2) is 24.4 Å². The molecule has 2 heterocycles. The number of likely N-dealkylation sites (N-methyl/N-ethyl adjacent to an activating group) is 1. The van der Waals surface area contributed by atoms with Crippen LogP contribution in [0.25, 0.3) is 5.52 Å². The van der Waals surface area contributed by atoms with Crippen molar-refractivity contribution in [1.82, 2.24) is 20.1 Å². The van der Waals surface area contributed by atoms with Gasteiger partial charge in [-0.1, -0.05) is 11.3 Å². The lowest BCUT2D eigenvalue weighted by atomic mass is 10.2. The number of aliphatic hydroxyl groups excluding tert-OH is 1. The van der Waals surface area contributed by atoms with E-state index in [0.29, 0.717) is 12.2 Å². The maximum Gasteiger partial charge on any atom is 0.120 e. The molecule has 0 radical (unpaired) electrons. The van der Waals surface area contributed by atoms with Crippen molar-refractivity contribution in [3.8, 4) is 0 Å². The van der Waals surface area contributed by atoms with Gasteiger partial charge in [0, 0.05) is 12.7 Å². The Bertz CT molecular complexity index is 425. The van der Waals surface area contributed by atoms with Gasteiger partial charge in [0.05, 0.1) is 5.52 Å². The Balaban J connectivity index is 2.42. The Labute approximate surface area is 81.4 Å². The molecule has 0 bridgehead atoms. The molecule has 0 saturated heterocycles. The van der Waals surface area contributed by atoms with Gasteiger partial charge in [0.25, 0.3) is 0 Å². The van der Waals surface area contributed by atoms with Crippen LogP contribution in [0.2, 0.25) is 0 Å². The van der Waals surface area contributed by atoms with Crippen LogP contribution in [-0.4, -0.2) is 33.5 Å². The molecule has 0 aliphatic carbocycles. The van der Waals surface area contributed by atoms with Crippen LogP contribution in [0, 0.1) is 0 Å². The monoisotopic (exact) mass is 192 g/mol. The molecular formula is C9H12N4O. The van der Waals surface area contributed by atoms with Gasteiger partial charge in [0.15, 0.2) is 0 Å². The normalized spacial score (nSPS) is 13.3. The van der Waals surface area contributed by atoms with Crippen molar-refractivity contribution < 1.29 is 5.11 Å². The molecule has 1 unspecified atom stereocenters. The molecule has 2 N–H and O–H groups in total. The smallest absolute Gasteiger partial charge is 0.120 e. The van der Waals surface area contributed by atoms with E-state index < -0.39 is 6.10 Å². The van der Waals surface area contributed by atoms with Crippen LogP contribution in [0.4, 0.5) is 0 Å². The van der Waals surface area contributed by atoms with Crippen LogP contribution in [0.3, 0.4) is 0 Å². The van der Waals surface area contributed by atoms with Gasteiger partial charge < -0.3 is 10.4 Å².